The van der Waals surface area contributed by atoms with Gasteiger partial charge in [-0.15, -0.1) is 0 Å². The fourth-order valence-corrected chi connectivity index (χ4v) is 4.27. The summed E-state index contributed by atoms with van der Waals surface area (Å²) in [6.07, 6.45) is 5.14. The number of hydrogen-bond acceptors (Lipinski definition) is 4. The lowest BCUT2D eigenvalue weighted by molar-refractivity contribution is -0.178. The smallest absolute Gasteiger partial charge is 0.313 e. The number of benzene rings is 1. The van der Waals surface area contributed by atoms with E-state index in [4.69, 9.17) is 4.74 Å². The van der Waals surface area contributed by atoms with Gasteiger partial charge in [0.25, 0.3) is 5.91 Å². The summed E-state index contributed by atoms with van der Waals surface area (Å²) in [7, 11) is 1.45. The summed E-state index contributed by atoms with van der Waals surface area (Å²) in [6, 6.07) is 4.52. The monoisotopic (exact) mass is 361 g/mol. The van der Waals surface area contributed by atoms with Gasteiger partial charge in [-0.05, 0) is 49.3 Å². The molecule has 1 heterocycles. The molecule has 26 heavy (non-hydrogen) atoms. The number of nitrogens with one attached hydrogen (secondary N) is 1. The van der Waals surface area contributed by atoms with Gasteiger partial charge in [0.05, 0.1) is 5.56 Å². The number of cyclic esters (lactones) is 1. The van der Waals surface area contributed by atoms with E-state index in [2.05, 4.69) is 5.32 Å². The molecule has 1 saturated carbocycles. The van der Waals surface area contributed by atoms with E-state index in [1.54, 1.807) is 6.07 Å². The maximum atomic E-state index is 14.2. The van der Waals surface area contributed by atoms with Crippen LogP contribution in [-0.2, 0) is 20.7 Å². The average Bonchev–Trinajstić information content (AvgIpc) is 3.14. The topological polar surface area (TPSA) is 72.5 Å². The van der Waals surface area contributed by atoms with Crippen LogP contribution < -0.4 is 5.32 Å². The molecule has 1 amide bonds. The molecule has 1 aromatic carbocycles. The van der Waals surface area contributed by atoms with Gasteiger partial charge in [-0.25, -0.2) is 4.39 Å². The number of carbonyl (C=O) groups excluding carboxylic acids is 3. The summed E-state index contributed by atoms with van der Waals surface area (Å²) < 4.78 is 19.9. The van der Waals surface area contributed by atoms with Gasteiger partial charge >= 0.3 is 5.97 Å². The minimum Gasteiger partial charge on any atom is -0.458 e. The molecule has 5 nitrogen and oxygen atoms in total. The molecule has 0 spiro atoms. The van der Waals surface area contributed by atoms with Crippen molar-refractivity contribution in [3.05, 3.63) is 35.1 Å². The molecule has 1 N–H and O–H groups in total. The summed E-state index contributed by atoms with van der Waals surface area (Å²) >= 11 is 0. The molecule has 1 unspecified atom stereocenters. The van der Waals surface area contributed by atoms with Crippen LogP contribution in [0, 0.1) is 11.7 Å². The minimum absolute atomic E-state index is 0.000952. The number of hydrogen-bond donors (Lipinski definition) is 1. The number of rotatable bonds is 5. The van der Waals surface area contributed by atoms with Crippen molar-refractivity contribution in [1.29, 1.82) is 0 Å². The average molecular weight is 361 g/mol. The lowest BCUT2D eigenvalue weighted by Crippen LogP contribution is -2.48. The third kappa shape index (κ3) is 3.79. The lowest BCUT2D eigenvalue weighted by atomic mass is 9.76. The molecular weight excluding hydrogens is 337 g/mol. The molecular formula is C20H24FNO4. The summed E-state index contributed by atoms with van der Waals surface area (Å²) in [4.78, 5) is 35.6. The third-order valence-corrected chi connectivity index (χ3v) is 5.60. The van der Waals surface area contributed by atoms with E-state index in [1.807, 2.05) is 0 Å². The first kappa shape index (κ1) is 18.5. The first-order valence-electron chi connectivity index (χ1n) is 9.17. The quantitative estimate of drug-likeness (QED) is 0.646. The number of Topliss-reactive ketones (excluding diaryl/α,β-unsaturated/α-hetero) is 1. The van der Waals surface area contributed by atoms with Crippen molar-refractivity contribution in [2.45, 2.75) is 57.0 Å². The van der Waals surface area contributed by atoms with Crippen molar-refractivity contribution in [3.8, 4) is 0 Å². The summed E-state index contributed by atoms with van der Waals surface area (Å²) in [6.45, 7) is 0. The van der Waals surface area contributed by atoms with Gasteiger partial charge in [-0.1, -0.05) is 18.9 Å². The number of ether oxygens (including phenoxy) is 1. The predicted octanol–water partition coefficient (Wildman–Crippen LogP) is 2.95. The van der Waals surface area contributed by atoms with Gasteiger partial charge < -0.3 is 10.1 Å². The lowest BCUT2D eigenvalue weighted by Gasteiger charge is -2.41. The molecule has 2 fully saturated rings. The molecule has 1 atom stereocenters. The zero-order chi connectivity index (χ0) is 18.7. The molecule has 1 aromatic rings. The first-order valence-corrected chi connectivity index (χ1v) is 9.17. The molecule has 3 rings (SSSR count). The van der Waals surface area contributed by atoms with Crippen molar-refractivity contribution in [1.82, 2.24) is 5.32 Å². The molecule has 0 bridgehead atoms. The van der Waals surface area contributed by atoms with Crippen LogP contribution in [0.25, 0.3) is 0 Å². The van der Waals surface area contributed by atoms with E-state index in [0.29, 0.717) is 12.8 Å². The molecule has 1 saturated heterocycles. The maximum Gasteiger partial charge on any atom is 0.313 e. The van der Waals surface area contributed by atoms with Gasteiger partial charge in [0.15, 0.2) is 0 Å². The second-order valence-corrected chi connectivity index (χ2v) is 7.31. The molecule has 1 aliphatic carbocycles. The van der Waals surface area contributed by atoms with Crippen LogP contribution in [0.1, 0.15) is 60.9 Å². The second-order valence-electron chi connectivity index (χ2n) is 7.31. The fourth-order valence-electron chi connectivity index (χ4n) is 4.27. The van der Waals surface area contributed by atoms with Crippen LogP contribution in [0.15, 0.2) is 18.2 Å². The Hall–Kier alpha value is -2.24. The highest BCUT2D eigenvalue weighted by Gasteiger charge is 2.47. The van der Waals surface area contributed by atoms with Crippen LogP contribution >= 0.6 is 0 Å². The fraction of sp³-hybridized carbons (Fsp3) is 0.550. The number of aryl methyl sites for hydroxylation is 1. The van der Waals surface area contributed by atoms with Crippen molar-refractivity contribution in [2.24, 2.45) is 5.92 Å². The van der Waals surface area contributed by atoms with Crippen LogP contribution in [0.2, 0.25) is 0 Å². The Morgan fingerprint density at radius 2 is 2.04 bits per heavy atom. The molecule has 140 valence electrons. The van der Waals surface area contributed by atoms with E-state index in [0.717, 1.165) is 31.2 Å². The minimum atomic E-state index is -0.765. The maximum absolute atomic E-state index is 14.2. The van der Waals surface area contributed by atoms with Gasteiger partial charge in [0, 0.05) is 13.5 Å². The number of amides is 1. The van der Waals surface area contributed by atoms with Crippen molar-refractivity contribution in [3.63, 3.8) is 0 Å². The van der Waals surface area contributed by atoms with Crippen LogP contribution in [0.4, 0.5) is 4.39 Å². The highest BCUT2D eigenvalue weighted by atomic mass is 19.1. The zero-order valence-electron chi connectivity index (χ0n) is 15.0. The van der Waals surface area contributed by atoms with Crippen molar-refractivity contribution < 1.29 is 23.5 Å². The molecule has 0 aromatic heterocycles. The van der Waals surface area contributed by atoms with E-state index < -0.39 is 23.3 Å². The zero-order valence-corrected chi connectivity index (χ0v) is 15.0. The van der Waals surface area contributed by atoms with Crippen LogP contribution in [0.5, 0.6) is 0 Å². The first-order chi connectivity index (χ1) is 12.4. The SMILES string of the molecule is CNC(=O)c1ccc(CCC2(C3CCCC3)CC(=O)CC(=O)O2)cc1F. The van der Waals surface area contributed by atoms with Crippen LogP contribution in [0.3, 0.4) is 0 Å². The number of ketones is 1. The molecule has 2 aliphatic rings. The predicted molar refractivity (Wildman–Crippen MR) is 93.1 cm³/mol. The Labute approximate surface area is 152 Å². The molecule has 0 radical (unpaired) electrons. The Morgan fingerprint density at radius 1 is 1.31 bits per heavy atom. The summed E-state index contributed by atoms with van der Waals surface area (Å²) in [5.74, 6) is -1.38. The van der Waals surface area contributed by atoms with Crippen molar-refractivity contribution >= 4 is 17.7 Å². The highest BCUT2D eigenvalue weighted by molar-refractivity contribution is 5.98. The van der Waals surface area contributed by atoms with Gasteiger partial charge in [0.1, 0.15) is 23.6 Å². The summed E-state index contributed by atoms with van der Waals surface area (Å²) in [5, 5.41) is 2.40. The Kier molecular flexibility index (Phi) is 5.39. The van der Waals surface area contributed by atoms with E-state index in [9.17, 15) is 18.8 Å². The Balaban J connectivity index is 1.78. The van der Waals surface area contributed by atoms with Gasteiger partial charge in [-0.3, -0.25) is 14.4 Å². The van der Waals surface area contributed by atoms with Gasteiger partial charge in [-0.2, -0.15) is 0 Å². The molecule has 1 aliphatic heterocycles. The summed E-state index contributed by atoms with van der Waals surface area (Å²) in [5.41, 5.74) is -0.0404. The number of carbonyl (C=O) groups is 3. The number of halogens is 1. The molecule has 6 heteroatoms. The third-order valence-electron chi connectivity index (χ3n) is 5.60. The normalized spacial score (nSPS) is 23.8. The standard InChI is InChI=1S/C20H24FNO4/c1-22-19(25)16-7-6-13(10-17(16)21)8-9-20(14-4-2-3-5-14)12-15(23)11-18(24)26-20/h6-7,10,14H,2-5,8-9,11-12H2,1H3,(H,22,25). The van der Waals surface area contributed by atoms with Gasteiger partial charge in [0.2, 0.25) is 0 Å². The highest BCUT2D eigenvalue weighted by Crippen LogP contribution is 2.43. The number of esters is 1. The second kappa shape index (κ2) is 7.56. The van der Waals surface area contributed by atoms with E-state index in [1.165, 1.54) is 19.2 Å². The van der Waals surface area contributed by atoms with E-state index in [-0.39, 0.29) is 30.1 Å². The Morgan fingerprint density at radius 3 is 2.65 bits per heavy atom. The Bertz CT molecular complexity index is 709. The largest absolute Gasteiger partial charge is 0.458 e. The van der Waals surface area contributed by atoms with E-state index >= 15 is 0 Å². The van der Waals surface area contributed by atoms with Crippen LogP contribution in [-0.4, -0.2) is 30.3 Å². The van der Waals surface area contributed by atoms with Crippen molar-refractivity contribution in [2.75, 3.05) is 7.05 Å².